The minimum atomic E-state index is -1.32. The first kappa shape index (κ1) is 15.4. The van der Waals surface area contributed by atoms with Gasteiger partial charge in [0.25, 0.3) is 0 Å². The molecule has 4 nitrogen and oxygen atoms in total. The quantitative estimate of drug-likeness (QED) is 0.627. The number of benzene rings is 2. The Morgan fingerprint density at radius 2 is 1.81 bits per heavy atom. The molecule has 21 heavy (non-hydrogen) atoms. The zero-order valence-corrected chi connectivity index (χ0v) is 11.9. The molecule has 0 unspecified atom stereocenters. The second-order valence-corrected chi connectivity index (χ2v) is 4.94. The second-order valence-electron chi connectivity index (χ2n) is 4.94. The summed E-state index contributed by atoms with van der Waals surface area (Å²) >= 11 is 0. The molecule has 4 heteroatoms. The van der Waals surface area contributed by atoms with Crippen LogP contribution in [-0.4, -0.2) is 24.6 Å². The Morgan fingerprint density at radius 3 is 2.33 bits per heavy atom. The summed E-state index contributed by atoms with van der Waals surface area (Å²) in [6.07, 6.45) is 0.225. The number of rotatable bonds is 6. The SMILES string of the molecule is CO[C@](N)(c1ccc(C=O)cc1)[C@H](O)Cc1ccccc1. The van der Waals surface area contributed by atoms with E-state index in [-0.39, 0.29) is 0 Å². The zero-order chi connectivity index (χ0) is 15.3. The maximum absolute atomic E-state index is 10.7. The third-order valence-electron chi connectivity index (χ3n) is 3.60. The molecule has 0 aromatic heterocycles. The average Bonchev–Trinajstić information content (AvgIpc) is 2.55. The summed E-state index contributed by atoms with van der Waals surface area (Å²) in [6.45, 7) is 0. The number of aliphatic hydroxyl groups is 1. The molecular formula is C17H19NO3. The highest BCUT2D eigenvalue weighted by Crippen LogP contribution is 2.26. The van der Waals surface area contributed by atoms with Gasteiger partial charge in [-0.05, 0) is 5.56 Å². The summed E-state index contributed by atoms with van der Waals surface area (Å²) in [7, 11) is 1.46. The van der Waals surface area contributed by atoms with E-state index in [2.05, 4.69) is 0 Å². The van der Waals surface area contributed by atoms with Crippen molar-refractivity contribution in [3.63, 3.8) is 0 Å². The Balaban J connectivity index is 2.24. The van der Waals surface area contributed by atoms with Crippen LogP contribution >= 0.6 is 0 Å². The first-order chi connectivity index (χ1) is 10.1. The third kappa shape index (κ3) is 3.36. The minimum Gasteiger partial charge on any atom is -0.388 e. The van der Waals surface area contributed by atoms with Crippen LogP contribution < -0.4 is 5.73 Å². The maximum Gasteiger partial charge on any atom is 0.168 e. The molecule has 2 rings (SSSR count). The molecular weight excluding hydrogens is 266 g/mol. The normalized spacial score (nSPS) is 15.2. The molecule has 0 aliphatic carbocycles. The number of aliphatic hydroxyl groups excluding tert-OH is 1. The molecule has 0 aliphatic heterocycles. The first-order valence-corrected chi connectivity index (χ1v) is 6.72. The number of aldehydes is 1. The number of methoxy groups -OCH3 is 1. The fourth-order valence-electron chi connectivity index (χ4n) is 2.26. The smallest absolute Gasteiger partial charge is 0.168 e. The van der Waals surface area contributed by atoms with Crippen LogP contribution in [0.25, 0.3) is 0 Å². The zero-order valence-electron chi connectivity index (χ0n) is 11.9. The van der Waals surface area contributed by atoms with Crippen molar-refractivity contribution < 1.29 is 14.6 Å². The first-order valence-electron chi connectivity index (χ1n) is 6.72. The summed E-state index contributed by atoms with van der Waals surface area (Å²) in [5.74, 6) is 0. The lowest BCUT2D eigenvalue weighted by atomic mass is 9.92. The third-order valence-corrected chi connectivity index (χ3v) is 3.60. The fourth-order valence-corrected chi connectivity index (χ4v) is 2.26. The van der Waals surface area contributed by atoms with Crippen molar-refractivity contribution in [3.8, 4) is 0 Å². The van der Waals surface area contributed by atoms with Gasteiger partial charge < -0.3 is 9.84 Å². The molecule has 0 saturated carbocycles. The van der Waals surface area contributed by atoms with Crippen LogP contribution in [0.15, 0.2) is 54.6 Å². The van der Waals surface area contributed by atoms with Gasteiger partial charge in [-0.2, -0.15) is 0 Å². The van der Waals surface area contributed by atoms with Gasteiger partial charge in [0.1, 0.15) is 12.4 Å². The number of carbonyl (C=O) groups excluding carboxylic acids is 1. The van der Waals surface area contributed by atoms with E-state index in [1.165, 1.54) is 7.11 Å². The highest BCUT2D eigenvalue weighted by molar-refractivity contribution is 5.74. The molecule has 2 aromatic rings. The lowest BCUT2D eigenvalue weighted by Gasteiger charge is -2.33. The van der Waals surface area contributed by atoms with Crippen LogP contribution in [0, 0.1) is 0 Å². The number of hydrogen-bond acceptors (Lipinski definition) is 4. The minimum absolute atomic E-state index is 0.376. The summed E-state index contributed by atoms with van der Waals surface area (Å²) in [5, 5.41) is 10.5. The van der Waals surface area contributed by atoms with E-state index in [0.29, 0.717) is 17.5 Å². The predicted molar refractivity (Wildman–Crippen MR) is 80.9 cm³/mol. The summed E-state index contributed by atoms with van der Waals surface area (Å²) in [5.41, 5.74) is 7.07. The standard InChI is InChI=1S/C17H19NO3/c1-21-17(18,15-9-7-14(12-19)8-10-15)16(20)11-13-5-3-2-4-6-13/h2-10,12,16,20H,11,18H2,1H3/t16-,17-/m1/s1. The van der Waals surface area contributed by atoms with Crippen molar-refractivity contribution in [1.29, 1.82) is 0 Å². The molecule has 0 saturated heterocycles. The molecule has 0 aliphatic rings. The van der Waals surface area contributed by atoms with Crippen LogP contribution in [0.1, 0.15) is 21.5 Å². The Bertz CT molecular complexity index is 583. The Kier molecular flexibility index (Phi) is 4.85. The largest absolute Gasteiger partial charge is 0.388 e. The maximum atomic E-state index is 10.7. The van der Waals surface area contributed by atoms with Crippen LogP contribution in [-0.2, 0) is 16.9 Å². The Hall–Kier alpha value is -2.01. The van der Waals surface area contributed by atoms with E-state index < -0.39 is 11.8 Å². The molecule has 2 atom stereocenters. The lowest BCUT2D eigenvalue weighted by molar-refractivity contribution is -0.104. The van der Waals surface area contributed by atoms with Gasteiger partial charge in [0, 0.05) is 24.7 Å². The summed E-state index contributed by atoms with van der Waals surface area (Å²) < 4.78 is 5.37. The van der Waals surface area contributed by atoms with Crippen molar-refractivity contribution >= 4 is 6.29 Å². The molecule has 0 heterocycles. The Labute approximate surface area is 124 Å². The molecule has 110 valence electrons. The molecule has 2 aromatic carbocycles. The van der Waals surface area contributed by atoms with Crippen LogP contribution in [0.3, 0.4) is 0 Å². The predicted octanol–water partition coefficient (Wildman–Crippen LogP) is 1.86. The van der Waals surface area contributed by atoms with Crippen molar-refractivity contribution in [1.82, 2.24) is 0 Å². The number of ether oxygens (including phenoxy) is 1. The summed E-state index contributed by atoms with van der Waals surface area (Å²) in [6, 6.07) is 16.3. The number of nitrogens with two attached hydrogens (primary N) is 1. The van der Waals surface area contributed by atoms with Crippen molar-refractivity contribution in [2.24, 2.45) is 5.73 Å². The van der Waals surface area contributed by atoms with Crippen LogP contribution in [0.4, 0.5) is 0 Å². The number of hydrogen-bond donors (Lipinski definition) is 2. The van der Waals surface area contributed by atoms with E-state index in [9.17, 15) is 9.90 Å². The highest BCUT2D eigenvalue weighted by Gasteiger charge is 2.35. The number of carbonyl (C=O) groups is 1. The van der Waals surface area contributed by atoms with E-state index in [4.69, 9.17) is 10.5 Å². The summed E-state index contributed by atoms with van der Waals surface area (Å²) in [4.78, 5) is 10.7. The molecule has 0 amide bonds. The van der Waals surface area contributed by atoms with E-state index in [1.807, 2.05) is 30.3 Å². The fraction of sp³-hybridized carbons (Fsp3) is 0.235. The van der Waals surface area contributed by atoms with Crippen LogP contribution in [0.2, 0.25) is 0 Å². The molecule has 0 radical (unpaired) electrons. The van der Waals surface area contributed by atoms with Gasteiger partial charge in [-0.15, -0.1) is 0 Å². The van der Waals surface area contributed by atoms with Gasteiger partial charge in [0.2, 0.25) is 0 Å². The topological polar surface area (TPSA) is 72.5 Å². The van der Waals surface area contributed by atoms with Gasteiger partial charge in [0.05, 0.1) is 0 Å². The van der Waals surface area contributed by atoms with E-state index in [1.54, 1.807) is 24.3 Å². The Morgan fingerprint density at radius 1 is 1.19 bits per heavy atom. The van der Waals surface area contributed by atoms with Crippen molar-refractivity contribution in [3.05, 3.63) is 71.3 Å². The second kappa shape index (κ2) is 6.63. The van der Waals surface area contributed by atoms with Crippen molar-refractivity contribution in [2.75, 3.05) is 7.11 Å². The van der Waals surface area contributed by atoms with Gasteiger partial charge in [-0.25, -0.2) is 0 Å². The van der Waals surface area contributed by atoms with Gasteiger partial charge in [-0.3, -0.25) is 10.5 Å². The van der Waals surface area contributed by atoms with Gasteiger partial charge in [-0.1, -0.05) is 54.6 Å². The van der Waals surface area contributed by atoms with Crippen LogP contribution in [0.5, 0.6) is 0 Å². The highest BCUT2D eigenvalue weighted by atomic mass is 16.5. The monoisotopic (exact) mass is 285 g/mol. The van der Waals surface area contributed by atoms with Crippen molar-refractivity contribution in [2.45, 2.75) is 18.2 Å². The van der Waals surface area contributed by atoms with E-state index >= 15 is 0 Å². The van der Waals surface area contributed by atoms with Gasteiger partial charge >= 0.3 is 0 Å². The average molecular weight is 285 g/mol. The molecule has 3 N–H and O–H groups in total. The molecule has 0 fully saturated rings. The molecule has 0 spiro atoms. The molecule has 0 bridgehead atoms. The lowest BCUT2D eigenvalue weighted by Crippen LogP contribution is -2.50. The van der Waals surface area contributed by atoms with E-state index in [0.717, 1.165) is 11.8 Å². The van der Waals surface area contributed by atoms with Gasteiger partial charge in [0.15, 0.2) is 5.72 Å².